The van der Waals surface area contributed by atoms with Gasteiger partial charge in [0.1, 0.15) is 11.5 Å². The summed E-state index contributed by atoms with van der Waals surface area (Å²) in [6, 6.07) is 14.9. The van der Waals surface area contributed by atoms with E-state index < -0.39 is 29.7 Å². The van der Waals surface area contributed by atoms with Gasteiger partial charge in [0, 0.05) is 19.5 Å². The molecule has 4 aromatic rings. The summed E-state index contributed by atoms with van der Waals surface area (Å²) in [5.74, 6) is -0.696. The molecule has 0 unspecified atom stereocenters. The van der Waals surface area contributed by atoms with Crippen molar-refractivity contribution in [3.05, 3.63) is 93.5 Å². The van der Waals surface area contributed by atoms with Crippen molar-refractivity contribution in [3.63, 3.8) is 0 Å². The van der Waals surface area contributed by atoms with Crippen LogP contribution in [0.1, 0.15) is 45.8 Å². The first-order valence-electron chi connectivity index (χ1n) is 11.7. The van der Waals surface area contributed by atoms with Crippen LogP contribution >= 0.6 is 0 Å². The summed E-state index contributed by atoms with van der Waals surface area (Å²) in [6.45, 7) is 3.57. The van der Waals surface area contributed by atoms with Gasteiger partial charge in [0.2, 0.25) is 0 Å². The second-order valence-electron chi connectivity index (χ2n) is 9.15. The van der Waals surface area contributed by atoms with Crippen molar-refractivity contribution in [2.45, 2.75) is 38.5 Å². The second-order valence-corrected chi connectivity index (χ2v) is 9.15. The van der Waals surface area contributed by atoms with Crippen molar-refractivity contribution < 1.29 is 18.0 Å². The second kappa shape index (κ2) is 8.99. The van der Waals surface area contributed by atoms with Crippen molar-refractivity contribution >= 4 is 17.4 Å². The van der Waals surface area contributed by atoms with E-state index in [0.29, 0.717) is 16.9 Å². The molecule has 0 fully saturated rings. The van der Waals surface area contributed by atoms with Crippen LogP contribution < -0.4 is 16.2 Å². The number of amides is 1. The highest BCUT2D eigenvalue weighted by atomic mass is 19.4. The number of aryl methyl sites for hydroxylation is 1. The molecule has 2 atom stereocenters. The van der Waals surface area contributed by atoms with Gasteiger partial charge in [-0.05, 0) is 31.5 Å². The van der Waals surface area contributed by atoms with Crippen LogP contribution in [0.15, 0.2) is 65.5 Å². The van der Waals surface area contributed by atoms with E-state index in [1.165, 1.54) is 10.7 Å². The number of fused-ring (bicyclic) bond motifs is 1. The Morgan fingerprint density at radius 2 is 1.76 bits per heavy atom. The molecule has 5 rings (SSSR count). The van der Waals surface area contributed by atoms with E-state index in [2.05, 4.69) is 15.7 Å². The summed E-state index contributed by atoms with van der Waals surface area (Å²) in [5.41, 5.74) is 2.13. The fraction of sp³-hybridized carbons (Fsp3) is 0.269. The number of nitrogens with one attached hydrogen (secondary N) is 2. The van der Waals surface area contributed by atoms with E-state index in [9.17, 15) is 22.8 Å². The number of para-hydroxylation sites is 1. The summed E-state index contributed by atoms with van der Waals surface area (Å²) < 4.78 is 45.8. The van der Waals surface area contributed by atoms with Crippen LogP contribution in [0, 0.1) is 13.8 Å². The Kier molecular flexibility index (Phi) is 5.93. The molecular formula is C26H25F3N6O2. The molecule has 0 saturated carbocycles. The lowest BCUT2D eigenvalue weighted by Crippen LogP contribution is -2.35. The topological polar surface area (TPSA) is 85.9 Å². The number of nitrogens with zero attached hydrogens (tertiary/aromatic N) is 4. The van der Waals surface area contributed by atoms with Crippen molar-refractivity contribution in [3.8, 4) is 5.69 Å². The maximum Gasteiger partial charge on any atom is 0.410 e. The third-order valence-corrected chi connectivity index (χ3v) is 6.69. The average Bonchev–Trinajstić information content (AvgIpc) is 3.38. The lowest BCUT2D eigenvalue weighted by Gasteiger charge is -2.33. The molecule has 0 radical (unpaired) electrons. The predicted octanol–water partition coefficient (Wildman–Crippen LogP) is 4.90. The van der Waals surface area contributed by atoms with Crippen LogP contribution in [0.5, 0.6) is 0 Å². The molecule has 1 aliphatic heterocycles. The van der Waals surface area contributed by atoms with Crippen molar-refractivity contribution in [1.82, 2.24) is 19.1 Å². The zero-order valence-corrected chi connectivity index (χ0v) is 20.4. The number of hydrogen-bond acceptors (Lipinski definition) is 4. The number of rotatable bonds is 4. The van der Waals surface area contributed by atoms with Gasteiger partial charge in [-0.1, -0.05) is 48.0 Å². The fourth-order valence-electron chi connectivity index (χ4n) is 4.59. The zero-order chi connectivity index (χ0) is 26.5. The van der Waals surface area contributed by atoms with Crippen molar-refractivity contribution in [2.75, 3.05) is 10.6 Å². The molecule has 37 heavy (non-hydrogen) atoms. The van der Waals surface area contributed by atoms with Gasteiger partial charge in [0.15, 0.2) is 11.7 Å². The van der Waals surface area contributed by atoms with E-state index in [0.717, 1.165) is 10.2 Å². The Balaban J connectivity index is 1.47. The smallest absolute Gasteiger partial charge is 0.363 e. The van der Waals surface area contributed by atoms with Gasteiger partial charge in [0.25, 0.3) is 11.5 Å². The van der Waals surface area contributed by atoms with E-state index in [1.54, 1.807) is 55.1 Å². The molecule has 1 aliphatic rings. The Hall–Kier alpha value is -4.28. The van der Waals surface area contributed by atoms with Gasteiger partial charge >= 0.3 is 6.18 Å². The number of carbonyl (C=O) groups is 1. The number of anilines is 2. The highest BCUT2D eigenvalue weighted by Crippen LogP contribution is 2.43. The highest BCUT2D eigenvalue weighted by Gasteiger charge is 2.46. The van der Waals surface area contributed by atoms with Crippen LogP contribution in [0.4, 0.5) is 24.7 Å². The normalized spacial score (nSPS) is 17.2. The Labute approximate surface area is 210 Å². The lowest BCUT2D eigenvalue weighted by atomic mass is 9.96. The quantitative estimate of drug-likeness (QED) is 0.409. The van der Waals surface area contributed by atoms with E-state index in [1.807, 2.05) is 25.1 Å². The third-order valence-electron chi connectivity index (χ3n) is 6.69. The van der Waals surface area contributed by atoms with Gasteiger partial charge in [-0.2, -0.15) is 18.3 Å². The van der Waals surface area contributed by atoms with Crippen LogP contribution in [-0.2, 0) is 7.05 Å². The van der Waals surface area contributed by atoms with Crippen molar-refractivity contribution in [1.29, 1.82) is 0 Å². The minimum absolute atomic E-state index is 0.0280. The third kappa shape index (κ3) is 4.41. The number of carbonyl (C=O) groups excluding carboxylic acids is 1. The highest BCUT2D eigenvalue weighted by molar-refractivity contribution is 6.03. The molecule has 2 aromatic heterocycles. The SMILES string of the molecule is Cc1ccc([C@@H]2C[C@@H](C(F)(F)F)n3nc(C(=O)Nc4c(C)n(C)n(-c5ccccc5)c4=O)cc3N2)cc1. The zero-order valence-electron chi connectivity index (χ0n) is 20.4. The lowest BCUT2D eigenvalue weighted by molar-refractivity contribution is -0.173. The van der Waals surface area contributed by atoms with Crippen LogP contribution in [0.3, 0.4) is 0 Å². The molecule has 0 aliphatic carbocycles. The molecule has 0 bridgehead atoms. The molecule has 0 spiro atoms. The van der Waals surface area contributed by atoms with E-state index in [-0.39, 0.29) is 23.6 Å². The summed E-state index contributed by atoms with van der Waals surface area (Å²) in [7, 11) is 1.68. The molecule has 2 aromatic carbocycles. The predicted molar refractivity (Wildman–Crippen MR) is 133 cm³/mol. The summed E-state index contributed by atoms with van der Waals surface area (Å²) >= 11 is 0. The van der Waals surface area contributed by atoms with E-state index in [4.69, 9.17) is 0 Å². The molecule has 8 nitrogen and oxygen atoms in total. The molecule has 0 saturated heterocycles. The maximum absolute atomic E-state index is 14.0. The monoisotopic (exact) mass is 510 g/mol. The van der Waals surface area contributed by atoms with Crippen LogP contribution in [0.2, 0.25) is 0 Å². The molecule has 1 amide bonds. The number of aromatic nitrogens is 4. The standard InChI is InChI=1S/C26H25F3N6O2/c1-15-9-11-17(12-10-15)19-13-21(26(27,28)29)34-22(30-19)14-20(32-34)24(36)31-23-16(2)33(3)35(25(23)37)18-7-5-4-6-8-18/h4-12,14,19,21,30H,13H2,1-3H3,(H,31,36)/t19-,21-/m0/s1. The Bertz CT molecular complexity index is 1520. The van der Waals surface area contributed by atoms with Gasteiger partial charge in [-0.15, -0.1) is 0 Å². The van der Waals surface area contributed by atoms with Gasteiger partial charge < -0.3 is 10.6 Å². The minimum Gasteiger partial charge on any atom is -0.363 e. The minimum atomic E-state index is -4.57. The molecule has 192 valence electrons. The van der Waals surface area contributed by atoms with Gasteiger partial charge in [0.05, 0.1) is 17.4 Å². The number of alkyl halides is 3. The van der Waals surface area contributed by atoms with Crippen molar-refractivity contribution in [2.24, 2.45) is 7.05 Å². The first kappa shape index (κ1) is 24.4. The fourth-order valence-corrected chi connectivity index (χ4v) is 4.59. The number of halogens is 3. The van der Waals surface area contributed by atoms with Crippen LogP contribution in [0.25, 0.3) is 5.69 Å². The first-order chi connectivity index (χ1) is 17.5. The summed E-state index contributed by atoms with van der Waals surface area (Å²) in [4.78, 5) is 26.2. The van der Waals surface area contributed by atoms with E-state index >= 15 is 0 Å². The van der Waals surface area contributed by atoms with Crippen LogP contribution in [-0.4, -0.2) is 31.2 Å². The molecule has 11 heteroatoms. The Morgan fingerprint density at radius 3 is 2.41 bits per heavy atom. The van der Waals surface area contributed by atoms with Gasteiger partial charge in [-0.3, -0.25) is 14.3 Å². The first-order valence-corrected chi connectivity index (χ1v) is 11.7. The summed E-state index contributed by atoms with van der Waals surface area (Å²) in [5, 5.41) is 9.63. The van der Waals surface area contributed by atoms with Gasteiger partial charge in [-0.25, -0.2) is 9.36 Å². The molecule has 3 heterocycles. The number of hydrogen-bond donors (Lipinski definition) is 2. The summed E-state index contributed by atoms with van der Waals surface area (Å²) in [6.07, 6.45) is -4.85. The average molecular weight is 511 g/mol. The number of benzene rings is 2. The molecule has 2 N–H and O–H groups in total. The molecular weight excluding hydrogens is 485 g/mol. The Morgan fingerprint density at radius 1 is 1.08 bits per heavy atom. The largest absolute Gasteiger partial charge is 0.410 e. The maximum atomic E-state index is 14.0.